The Hall–Kier alpha value is -2.10. The van der Waals surface area contributed by atoms with Crippen molar-refractivity contribution in [3.8, 4) is 0 Å². The van der Waals surface area contributed by atoms with E-state index in [0.29, 0.717) is 0 Å². The predicted molar refractivity (Wildman–Crippen MR) is 72.4 cm³/mol. The first-order valence-electron chi connectivity index (χ1n) is 6.13. The summed E-state index contributed by atoms with van der Waals surface area (Å²) in [6.07, 6.45) is 2.66. The van der Waals surface area contributed by atoms with Crippen LogP contribution < -0.4 is 10.6 Å². The van der Waals surface area contributed by atoms with Crippen LogP contribution in [-0.4, -0.2) is 16.5 Å². The molecule has 0 spiro atoms. The van der Waals surface area contributed by atoms with E-state index in [1.165, 1.54) is 11.1 Å². The molecule has 0 amide bonds. The third kappa shape index (κ3) is 2.01. The van der Waals surface area contributed by atoms with E-state index in [1.807, 2.05) is 19.1 Å². The minimum Gasteiger partial charge on any atom is -0.399 e. The standard InChI is InChI=1S/C14H16N4/c1-10-6-14(17-9-16-10)18-5-4-11-2-3-13(15)7-12(11)8-18/h2-3,6-7,9H,4-5,8,15H2,1H3. The van der Waals surface area contributed by atoms with Crippen molar-refractivity contribution < 1.29 is 0 Å². The molecule has 0 saturated carbocycles. The zero-order valence-electron chi connectivity index (χ0n) is 10.4. The smallest absolute Gasteiger partial charge is 0.132 e. The van der Waals surface area contributed by atoms with Gasteiger partial charge in [-0.25, -0.2) is 9.97 Å². The molecule has 0 saturated heterocycles. The van der Waals surface area contributed by atoms with Gasteiger partial charge >= 0.3 is 0 Å². The number of aromatic nitrogens is 2. The van der Waals surface area contributed by atoms with Crippen LogP contribution in [0.5, 0.6) is 0 Å². The highest BCUT2D eigenvalue weighted by Crippen LogP contribution is 2.24. The summed E-state index contributed by atoms with van der Waals surface area (Å²) < 4.78 is 0. The third-order valence-electron chi connectivity index (χ3n) is 3.36. The second kappa shape index (κ2) is 4.29. The molecule has 1 aromatic carbocycles. The molecule has 0 bridgehead atoms. The minimum absolute atomic E-state index is 0.828. The maximum atomic E-state index is 5.85. The fourth-order valence-corrected chi connectivity index (χ4v) is 2.39. The molecule has 4 nitrogen and oxygen atoms in total. The molecule has 0 aliphatic carbocycles. The van der Waals surface area contributed by atoms with Gasteiger partial charge in [-0.05, 0) is 36.6 Å². The summed E-state index contributed by atoms with van der Waals surface area (Å²) in [4.78, 5) is 10.8. The topological polar surface area (TPSA) is 55.0 Å². The monoisotopic (exact) mass is 240 g/mol. The van der Waals surface area contributed by atoms with Crippen molar-refractivity contribution in [1.29, 1.82) is 0 Å². The number of aryl methyl sites for hydroxylation is 1. The van der Waals surface area contributed by atoms with E-state index >= 15 is 0 Å². The molecule has 1 aliphatic rings. The van der Waals surface area contributed by atoms with Gasteiger partial charge in [-0.15, -0.1) is 0 Å². The van der Waals surface area contributed by atoms with E-state index in [1.54, 1.807) is 6.33 Å². The lowest BCUT2D eigenvalue weighted by molar-refractivity contribution is 0.718. The van der Waals surface area contributed by atoms with E-state index in [0.717, 1.165) is 36.7 Å². The highest BCUT2D eigenvalue weighted by atomic mass is 15.2. The molecule has 92 valence electrons. The quantitative estimate of drug-likeness (QED) is 0.774. The summed E-state index contributed by atoms with van der Waals surface area (Å²) in [5.41, 5.74) is 10.4. The summed E-state index contributed by atoms with van der Waals surface area (Å²) in [5, 5.41) is 0. The molecule has 0 radical (unpaired) electrons. The second-order valence-corrected chi connectivity index (χ2v) is 4.72. The number of nitrogen functional groups attached to an aromatic ring is 1. The fourth-order valence-electron chi connectivity index (χ4n) is 2.39. The lowest BCUT2D eigenvalue weighted by Crippen LogP contribution is -2.31. The van der Waals surface area contributed by atoms with Crippen LogP contribution in [-0.2, 0) is 13.0 Å². The van der Waals surface area contributed by atoms with Gasteiger partial charge in [-0.2, -0.15) is 0 Å². The summed E-state index contributed by atoms with van der Waals surface area (Å²) in [6.45, 7) is 3.85. The number of hydrogen-bond acceptors (Lipinski definition) is 4. The Morgan fingerprint density at radius 3 is 2.89 bits per heavy atom. The van der Waals surface area contributed by atoms with Crippen molar-refractivity contribution in [3.63, 3.8) is 0 Å². The first-order chi connectivity index (χ1) is 8.72. The summed E-state index contributed by atoms with van der Waals surface area (Å²) in [6, 6.07) is 8.20. The third-order valence-corrected chi connectivity index (χ3v) is 3.36. The van der Waals surface area contributed by atoms with Gasteiger partial charge in [0.2, 0.25) is 0 Å². The number of hydrogen-bond donors (Lipinski definition) is 1. The number of fused-ring (bicyclic) bond motifs is 1. The van der Waals surface area contributed by atoms with E-state index in [9.17, 15) is 0 Å². The molecule has 1 aromatic heterocycles. The molecule has 2 heterocycles. The Morgan fingerprint density at radius 2 is 2.06 bits per heavy atom. The SMILES string of the molecule is Cc1cc(N2CCc3ccc(N)cc3C2)ncn1. The summed E-state index contributed by atoms with van der Waals surface area (Å²) >= 11 is 0. The van der Waals surface area contributed by atoms with Gasteiger partial charge in [0.1, 0.15) is 12.1 Å². The molecule has 0 atom stereocenters. The zero-order valence-corrected chi connectivity index (χ0v) is 10.4. The highest BCUT2D eigenvalue weighted by molar-refractivity contribution is 5.50. The highest BCUT2D eigenvalue weighted by Gasteiger charge is 2.17. The Labute approximate surface area is 106 Å². The van der Waals surface area contributed by atoms with Crippen LogP contribution in [0.1, 0.15) is 16.8 Å². The van der Waals surface area contributed by atoms with Gasteiger partial charge in [0.25, 0.3) is 0 Å². The van der Waals surface area contributed by atoms with Crippen molar-refractivity contribution in [2.45, 2.75) is 19.9 Å². The summed E-state index contributed by atoms with van der Waals surface area (Å²) in [5.74, 6) is 0.996. The number of nitrogens with two attached hydrogens (primary N) is 1. The lowest BCUT2D eigenvalue weighted by atomic mass is 9.99. The van der Waals surface area contributed by atoms with Crippen molar-refractivity contribution in [3.05, 3.63) is 47.4 Å². The van der Waals surface area contributed by atoms with Gasteiger partial charge in [0.15, 0.2) is 0 Å². The number of benzene rings is 1. The van der Waals surface area contributed by atoms with Crippen LogP contribution in [0.3, 0.4) is 0 Å². The molecular weight excluding hydrogens is 224 g/mol. The molecule has 2 aromatic rings. The van der Waals surface area contributed by atoms with Gasteiger partial charge in [0.05, 0.1) is 0 Å². The van der Waals surface area contributed by atoms with Crippen LogP contribution in [0.2, 0.25) is 0 Å². The number of rotatable bonds is 1. The molecule has 0 unspecified atom stereocenters. The van der Waals surface area contributed by atoms with E-state index in [-0.39, 0.29) is 0 Å². The molecule has 0 fully saturated rings. The maximum Gasteiger partial charge on any atom is 0.132 e. The average molecular weight is 240 g/mol. The van der Waals surface area contributed by atoms with E-state index < -0.39 is 0 Å². The molecular formula is C14H16N4. The minimum atomic E-state index is 0.828. The van der Waals surface area contributed by atoms with Crippen molar-refractivity contribution in [2.75, 3.05) is 17.2 Å². The predicted octanol–water partition coefficient (Wildman–Crippen LogP) is 1.93. The summed E-state index contributed by atoms with van der Waals surface area (Å²) in [7, 11) is 0. The average Bonchev–Trinajstić information content (AvgIpc) is 2.38. The van der Waals surface area contributed by atoms with Gasteiger partial charge in [-0.3, -0.25) is 0 Å². The van der Waals surface area contributed by atoms with Gasteiger partial charge in [-0.1, -0.05) is 6.07 Å². The van der Waals surface area contributed by atoms with Crippen LogP contribution in [0.15, 0.2) is 30.6 Å². The molecule has 18 heavy (non-hydrogen) atoms. The number of nitrogens with zero attached hydrogens (tertiary/aromatic N) is 3. The first-order valence-corrected chi connectivity index (χ1v) is 6.13. The molecule has 3 rings (SSSR count). The van der Waals surface area contributed by atoms with Gasteiger partial charge in [0, 0.05) is 30.5 Å². The maximum absolute atomic E-state index is 5.85. The second-order valence-electron chi connectivity index (χ2n) is 4.72. The van der Waals surface area contributed by atoms with Gasteiger partial charge < -0.3 is 10.6 Å². The Kier molecular flexibility index (Phi) is 2.63. The zero-order chi connectivity index (χ0) is 12.5. The Bertz CT molecular complexity index is 580. The van der Waals surface area contributed by atoms with E-state index in [2.05, 4.69) is 27.0 Å². The van der Waals surface area contributed by atoms with Crippen molar-refractivity contribution >= 4 is 11.5 Å². The van der Waals surface area contributed by atoms with Crippen molar-refractivity contribution in [1.82, 2.24) is 9.97 Å². The number of anilines is 2. The van der Waals surface area contributed by atoms with Crippen LogP contribution >= 0.6 is 0 Å². The molecule has 4 heteroatoms. The lowest BCUT2D eigenvalue weighted by Gasteiger charge is -2.30. The molecule has 1 aliphatic heterocycles. The normalized spacial score (nSPS) is 14.4. The van der Waals surface area contributed by atoms with Crippen LogP contribution in [0.25, 0.3) is 0 Å². The van der Waals surface area contributed by atoms with E-state index in [4.69, 9.17) is 5.73 Å². The first kappa shape index (κ1) is 11.0. The fraction of sp³-hybridized carbons (Fsp3) is 0.286. The van der Waals surface area contributed by atoms with Crippen LogP contribution in [0.4, 0.5) is 11.5 Å². The Morgan fingerprint density at radius 1 is 1.17 bits per heavy atom. The van der Waals surface area contributed by atoms with Crippen LogP contribution in [0, 0.1) is 6.92 Å². The largest absolute Gasteiger partial charge is 0.399 e. The molecule has 2 N–H and O–H groups in total. The van der Waals surface area contributed by atoms with Crippen molar-refractivity contribution in [2.24, 2.45) is 0 Å². The Balaban J connectivity index is 1.90.